The third-order valence-electron chi connectivity index (χ3n) is 5.00. The van der Waals surface area contributed by atoms with E-state index in [-0.39, 0.29) is 29.9 Å². The van der Waals surface area contributed by atoms with Crippen LogP contribution in [0.5, 0.6) is 0 Å². The first-order valence-corrected chi connectivity index (χ1v) is 9.85. The van der Waals surface area contributed by atoms with Crippen molar-refractivity contribution in [2.24, 2.45) is 5.92 Å². The van der Waals surface area contributed by atoms with Gasteiger partial charge in [-0.15, -0.1) is 0 Å². The van der Waals surface area contributed by atoms with Crippen LogP contribution in [-0.4, -0.2) is 44.5 Å². The zero-order chi connectivity index (χ0) is 23.3. The Morgan fingerprint density at radius 1 is 1.16 bits per heavy atom. The maximum absolute atomic E-state index is 13.0. The number of rotatable bonds is 7. The lowest BCUT2D eigenvalue weighted by Crippen LogP contribution is -2.30. The third-order valence-corrected chi connectivity index (χ3v) is 5.00. The number of halogens is 3. The van der Waals surface area contributed by atoms with Gasteiger partial charge in [0.2, 0.25) is 11.8 Å². The molecule has 1 atom stereocenters. The van der Waals surface area contributed by atoms with E-state index in [1.54, 1.807) is 24.3 Å². The molecule has 0 aliphatic carbocycles. The first-order valence-electron chi connectivity index (χ1n) is 9.85. The molecule has 170 valence electrons. The van der Waals surface area contributed by atoms with Crippen molar-refractivity contribution in [2.45, 2.75) is 12.6 Å². The second-order valence-electron chi connectivity index (χ2n) is 7.24. The molecule has 1 fully saturated rings. The Bertz CT molecular complexity index is 1010. The Hall–Kier alpha value is -3.40. The lowest BCUT2D eigenvalue weighted by atomic mass is 10.1. The molecule has 1 aliphatic rings. The van der Waals surface area contributed by atoms with Crippen LogP contribution in [0, 0.1) is 5.92 Å². The molecule has 7 nitrogen and oxygen atoms in total. The number of nitrogens with one attached hydrogen (secondary N) is 2. The first kappa shape index (κ1) is 23.3. The standard InChI is InChI=1S/C22H22F3N3O4/c1-32-10-9-26-21(31)17-7-2-3-8-18(17)27-20(30)14-11-19(29)28(13-14)16-6-4-5-15(12-16)22(23,24)25/h2-8,12,14H,9-11,13H2,1H3,(H,26,31)(H,27,30). The van der Waals surface area contributed by atoms with E-state index < -0.39 is 35.4 Å². The number of methoxy groups -OCH3 is 1. The van der Waals surface area contributed by atoms with Crippen molar-refractivity contribution in [2.75, 3.05) is 37.0 Å². The van der Waals surface area contributed by atoms with E-state index in [0.717, 1.165) is 12.1 Å². The van der Waals surface area contributed by atoms with Gasteiger partial charge in [-0.25, -0.2) is 0 Å². The molecule has 1 unspecified atom stereocenters. The van der Waals surface area contributed by atoms with Gasteiger partial charge in [-0.2, -0.15) is 13.2 Å². The SMILES string of the molecule is COCCNC(=O)c1ccccc1NC(=O)C1CC(=O)N(c2cccc(C(F)(F)F)c2)C1. The van der Waals surface area contributed by atoms with Gasteiger partial charge in [0.1, 0.15) is 0 Å². The Morgan fingerprint density at radius 2 is 1.91 bits per heavy atom. The fraction of sp³-hybridized carbons (Fsp3) is 0.318. The van der Waals surface area contributed by atoms with Crippen LogP contribution in [0.3, 0.4) is 0 Å². The Balaban J connectivity index is 1.70. The van der Waals surface area contributed by atoms with Crippen molar-refractivity contribution in [1.29, 1.82) is 0 Å². The topological polar surface area (TPSA) is 87.7 Å². The molecule has 0 saturated carbocycles. The minimum atomic E-state index is -4.54. The molecule has 0 aromatic heterocycles. The average Bonchev–Trinajstić information content (AvgIpc) is 3.15. The summed E-state index contributed by atoms with van der Waals surface area (Å²) in [6.45, 7) is 0.560. The fourth-order valence-corrected chi connectivity index (χ4v) is 3.37. The summed E-state index contributed by atoms with van der Waals surface area (Å²) in [4.78, 5) is 38.7. The highest BCUT2D eigenvalue weighted by Crippen LogP contribution is 2.33. The number of para-hydroxylation sites is 1. The molecular formula is C22H22F3N3O4. The summed E-state index contributed by atoms with van der Waals surface area (Å²) in [7, 11) is 1.51. The van der Waals surface area contributed by atoms with Crippen molar-refractivity contribution >= 4 is 29.1 Å². The van der Waals surface area contributed by atoms with Crippen molar-refractivity contribution in [3.63, 3.8) is 0 Å². The van der Waals surface area contributed by atoms with Gasteiger partial charge < -0.3 is 20.3 Å². The summed E-state index contributed by atoms with van der Waals surface area (Å²) in [6, 6.07) is 10.8. The molecule has 0 radical (unpaired) electrons. The molecule has 10 heteroatoms. The molecular weight excluding hydrogens is 427 g/mol. The molecule has 1 aliphatic heterocycles. The van der Waals surface area contributed by atoms with E-state index in [0.29, 0.717) is 13.2 Å². The number of carbonyl (C=O) groups is 3. The molecule has 2 aromatic carbocycles. The van der Waals surface area contributed by atoms with Crippen LogP contribution in [0.2, 0.25) is 0 Å². The number of hydrogen-bond donors (Lipinski definition) is 2. The van der Waals surface area contributed by atoms with E-state index in [4.69, 9.17) is 4.74 Å². The van der Waals surface area contributed by atoms with E-state index >= 15 is 0 Å². The van der Waals surface area contributed by atoms with Crippen molar-refractivity contribution < 1.29 is 32.3 Å². The van der Waals surface area contributed by atoms with Crippen LogP contribution in [0.4, 0.5) is 24.5 Å². The quantitative estimate of drug-likeness (QED) is 0.636. The number of amides is 3. The smallest absolute Gasteiger partial charge is 0.383 e. The maximum atomic E-state index is 13.0. The van der Waals surface area contributed by atoms with Gasteiger partial charge >= 0.3 is 6.18 Å². The highest BCUT2D eigenvalue weighted by atomic mass is 19.4. The number of nitrogens with zero attached hydrogens (tertiary/aromatic N) is 1. The molecule has 0 bridgehead atoms. The van der Waals surface area contributed by atoms with Crippen LogP contribution in [0.1, 0.15) is 22.3 Å². The number of anilines is 2. The highest BCUT2D eigenvalue weighted by molar-refractivity contribution is 6.07. The van der Waals surface area contributed by atoms with Gasteiger partial charge in [-0.05, 0) is 30.3 Å². The van der Waals surface area contributed by atoms with Crippen LogP contribution < -0.4 is 15.5 Å². The van der Waals surface area contributed by atoms with E-state index in [1.165, 1.54) is 24.1 Å². The van der Waals surface area contributed by atoms with Crippen LogP contribution in [0.25, 0.3) is 0 Å². The number of alkyl halides is 3. The zero-order valence-electron chi connectivity index (χ0n) is 17.2. The summed E-state index contributed by atoms with van der Waals surface area (Å²) in [5.41, 5.74) is -0.268. The highest BCUT2D eigenvalue weighted by Gasteiger charge is 2.37. The number of ether oxygens (including phenoxy) is 1. The third kappa shape index (κ3) is 5.44. The summed E-state index contributed by atoms with van der Waals surface area (Å²) in [5, 5.41) is 5.33. The van der Waals surface area contributed by atoms with E-state index in [1.807, 2.05) is 0 Å². The molecule has 1 saturated heterocycles. The monoisotopic (exact) mass is 449 g/mol. The Kier molecular flexibility index (Phi) is 7.14. The molecule has 32 heavy (non-hydrogen) atoms. The van der Waals surface area contributed by atoms with Crippen LogP contribution in [0.15, 0.2) is 48.5 Å². The van der Waals surface area contributed by atoms with Gasteiger partial charge in [0, 0.05) is 32.3 Å². The predicted octanol–water partition coefficient (Wildman–Crippen LogP) is 3.07. The molecule has 2 N–H and O–H groups in total. The lowest BCUT2D eigenvalue weighted by molar-refractivity contribution is -0.137. The number of carbonyl (C=O) groups excluding carboxylic acids is 3. The normalized spacial score (nSPS) is 16.2. The molecule has 3 amide bonds. The van der Waals surface area contributed by atoms with Gasteiger partial charge in [-0.1, -0.05) is 18.2 Å². The summed E-state index contributed by atoms with van der Waals surface area (Å²) < 4.78 is 43.9. The second kappa shape index (κ2) is 9.82. The van der Waals surface area contributed by atoms with Gasteiger partial charge in [0.05, 0.1) is 29.3 Å². The zero-order valence-corrected chi connectivity index (χ0v) is 17.2. The van der Waals surface area contributed by atoms with Gasteiger partial charge in [0.15, 0.2) is 0 Å². The summed E-state index contributed by atoms with van der Waals surface area (Å²) >= 11 is 0. The number of hydrogen-bond acceptors (Lipinski definition) is 4. The molecule has 2 aromatic rings. The fourth-order valence-electron chi connectivity index (χ4n) is 3.37. The molecule has 0 spiro atoms. The van der Waals surface area contributed by atoms with E-state index in [2.05, 4.69) is 10.6 Å². The lowest BCUT2D eigenvalue weighted by Gasteiger charge is -2.18. The van der Waals surface area contributed by atoms with Crippen LogP contribution >= 0.6 is 0 Å². The molecule has 1 heterocycles. The van der Waals surface area contributed by atoms with Gasteiger partial charge in [0.25, 0.3) is 5.91 Å². The number of benzene rings is 2. The minimum Gasteiger partial charge on any atom is -0.383 e. The summed E-state index contributed by atoms with van der Waals surface area (Å²) in [6.07, 6.45) is -4.69. The first-order chi connectivity index (χ1) is 15.2. The van der Waals surface area contributed by atoms with Crippen molar-refractivity contribution in [1.82, 2.24) is 5.32 Å². The van der Waals surface area contributed by atoms with Crippen molar-refractivity contribution in [3.8, 4) is 0 Å². The maximum Gasteiger partial charge on any atom is 0.416 e. The Labute approximate surface area is 182 Å². The second-order valence-corrected chi connectivity index (χ2v) is 7.24. The summed E-state index contributed by atoms with van der Waals surface area (Å²) in [5.74, 6) is -2.12. The average molecular weight is 449 g/mol. The van der Waals surface area contributed by atoms with Gasteiger partial charge in [-0.3, -0.25) is 14.4 Å². The van der Waals surface area contributed by atoms with Crippen LogP contribution in [-0.2, 0) is 20.5 Å². The minimum absolute atomic E-state index is 0.0613. The molecule has 3 rings (SSSR count). The predicted molar refractivity (Wildman–Crippen MR) is 111 cm³/mol. The Morgan fingerprint density at radius 3 is 2.62 bits per heavy atom. The van der Waals surface area contributed by atoms with E-state index in [9.17, 15) is 27.6 Å². The van der Waals surface area contributed by atoms with Crippen molar-refractivity contribution in [3.05, 3.63) is 59.7 Å². The largest absolute Gasteiger partial charge is 0.416 e.